The normalized spacial score (nSPS) is 11.7. The van der Waals surface area contributed by atoms with Gasteiger partial charge in [0.05, 0.1) is 11.7 Å². The first-order chi connectivity index (χ1) is 13.5. The lowest BCUT2D eigenvalue weighted by Crippen LogP contribution is -2.35. The van der Waals surface area contributed by atoms with Crippen molar-refractivity contribution in [2.75, 3.05) is 0 Å². The Morgan fingerprint density at radius 3 is 2.32 bits per heavy atom. The van der Waals surface area contributed by atoms with Crippen molar-refractivity contribution >= 4 is 39.8 Å². The molecule has 0 bridgehead atoms. The van der Waals surface area contributed by atoms with E-state index in [1.54, 1.807) is 30.3 Å². The van der Waals surface area contributed by atoms with E-state index in [2.05, 4.69) is 9.88 Å². The first-order valence-corrected chi connectivity index (χ1v) is 8.81. The zero-order valence-electron chi connectivity index (χ0n) is 15.2. The maximum Gasteiger partial charge on any atom is 0.255 e. The van der Waals surface area contributed by atoms with Gasteiger partial charge in [-0.1, -0.05) is 42.5 Å². The van der Waals surface area contributed by atoms with Crippen LogP contribution in [0.15, 0.2) is 78.5 Å². The van der Waals surface area contributed by atoms with Crippen molar-refractivity contribution in [2.45, 2.75) is 0 Å². The number of rotatable bonds is 4. The zero-order chi connectivity index (χ0) is 19.7. The van der Waals surface area contributed by atoms with Gasteiger partial charge in [0.15, 0.2) is 0 Å². The molecule has 0 radical (unpaired) electrons. The monoisotopic (exact) mass is 369 g/mol. The molecule has 0 aliphatic carbocycles. The summed E-state index contributed by atoms with van der Waals surface area (Å²) in [6, 6.07) is 22.1. The molecule has 0 unspecified atom stereocenters. The number of carbonyl (C=O) groups excluding carboxylic acids is 2. The summed E-state index contributed by atoms with van der Waals surface area (Å²) in [7, 11) is 1.99. The van der Waals surface area contributed by atoms with Crippen molar-refractivity contribution in [1.29, 1.82) is 0 Å². The summed E-state index contributed by atoms with van der Waals surface area (Å²) in [5, 5.41) is 16.1. The minimum atomic E-state index is -1.44. The van der Waals surface area contributed by atoms with Crippen molar-refractivity contribution in [3.8, 4) is 0 Å². The number of fused-ring (bicyclic) bond motifs is 3. The lowest BCUT2D eigenvalue weighted by Gasteiger charge is -2.11. The van der Waals surface area contributed by atoms with Crippen LogP contribution in [0.1, 0.15) is 15.9 Å². The third-order valence-electron chi connectivity index (χ3n) is 4.75. The molecule has 0 aliphatic rings. The summed E-state index contributed by atoms with van der Waals surface area (Å²) in [6.45, 7) is 0. The molecular formula is C23H17N2O3-. The van der Waals surface area contributed by atoms with E-state index in [0.717, 1.165) is 21.8 Å². The van der Waals surface area contributed by atoms with Crippen molar-refractivity contribution in [1.82, 2.24) is 9.88 Å². The molecule has 5 nitrogen and oxygen atoms in total. The van der Waals surface area contributed by atoms with Crippen LogP contribution in [0.5, 0.6) is 0 Å². The number of amides is 1. The highest BCUT2D eigenvalue weighted by molar-refractivity contribution is 6.09. The van der Waals surface area contributed by atoms with E-state index in [9.17, 15) is 14.7 Å². The average Bonchev–Trinajstić information content (AvgIpc) is 3.00. The number of hydrogen-bond acceptors (Lipinski definition) is 3. The Morgan fingerprint density at radius 1 is 0.893 bits per heavy atom. The molecule has 1 aromatic heterocycles. The smallest absolute Gasteiger partial charge is 0.255 e. The van der Waals surface area contributed by atoms with Crippen molar-refractivity contribution in [3.05, 3.63) is 89.6 Å². The van der Waals surface area contributed by atoms with E-state index in [1.165, 1.54) is 6.08 Å². The summed E-state index contributed by atoms with van der Waals surface area (Å²) < 4.78 is 2.09. The summed E-state index contributed by atoms with van der Waals surface area (Å²) in [5.74, 6) is -1.94. The van der Waals surface area contributed by atoms with Gasteiger partial charge in [0.2, 0.25) is 0 Å². The van der Waals surface area contributed by atoms with Crippen LogP contribution in [0.4, 0.5) is 0 Å². The summed E-state index contributed by atoms with van der Waals surface area (Å²) >= 11 is 0. The number of carboxylic acid groups (broad SMARTS) is 1. The highest BCUT2D eigenvalue weighted by Crippen LogP contribution is 2.29. The number of nitrogens with one attached hydrogen (secondary N) is 1. The van der Waals surface area contributed by atoms with Crippen LogP contribution in [0, 0.1) is 0 Å². The fourth-order valence-electron chi connectivity index (χ4n) is 3.37. The van der Waals surface area contributed by atoms with Gasteiger partial charge >= 0.3 is 0 Å². The molecule has 1 amide bonds. The maximum atomic E-state index is 12.3. The van der Waals surface area contributed by atoms with E-state index < -0.39 is 11.9 Å². The summed E-state index contributed by atoms with van der Waals surface area (Å²) in [6.07, 6.45) is 1.41. The quantitative estimate of drug-likeness (QED) is 0.562. The predicted molar refractivity (Wildman–Crippen MR) is 107 cm³/mol. The fourth-order valence-corrected chi connectivity index (χ4v) is 3.37. The zero-order valence-corrected chi connectivity index (χ0v) is 15.2. The standard InChI is InChI=1S/C23H18N2O3/c1-25-20-10-6-5-9-17(20)18-13-15(11-12-21(18)25)14-19(23(27)28)24-22(26)16-7-3-2-4-8-16/h2-14H,1H3,(H,24,26)(H,27,28)/p-1/b19-14-. The fraction of sp³-hybridized carbons (Fsp3) is 0.0435. The van der Waals surface area contributed by atoms with Crippen LogP contribution in [0.2, 0.25) is 0 Å². The van der Waals surface area contributed by atoms with Gasteiger partial charge in [0, 0.05) is 34.4 Å². The Balaban J connectivity index is 1.74. The number of aromatic nitrogens is 1. The van der Waals surface area contributed by atoms with Gasteiger partial charge in [-0.2, -0.15) is 0 Å². The lowest BCUT2D eigenvalue weighted by atomic mass is 10.1. The highest BCUT2D eigenvalue weighted by Gasteiger charge is 2.10. The van der Waals surface area contributed by atoms with Crippen LogP contribution >= 0.6 is 0 Å². The molecule has 5 heteroatoms. The Morgan fingerprint density at radius 2 is 1.57 bits per heavy atom. The summed E-state index contributed by atoms with van der Waals surface area (Å²) in [4.78, 5) is 23.8. The van der Waals surface area contributed by atoms with E-state index >= 15 is 0 Å². The molecule has 138 valence electrons. The minimum Gasteiger partial charge on any atom is -0.543 e. The van der Waals surface area contributed by atoms with Gasteiger partial charge in [-0.15, -0.1) is 0 Å². The second-order valence-electron chi connectivity index (χ2n) is 6.52. The number of nitrogens with zero attached hydrogens (tertiary/aromatic N) is 1. The maximum absolute atomic E-state index is 12.3. The van der Waals surface area contributed by atoms with Gasteiger partial charge in [-0.25, -0.2) is 0 Å². The molecule has 0 aliphatic heterocycles. The van der Waals surface area contributed by atoms with Crippen LogP contribution in [0.25, 0.3) is 27.9 Å². The SMILES string of the molecule is Cn1c2ccccc2c2cc(/C=C(\NC(=O)c3ccccc3)C(=O)[O-])ccc21. The number of aliphatic carboxylic acids is 1. The third kappa shape index (κ3) is 3.14. The molecule has 4 aromatic rings. The Labute approximate surface area is 161 Å². The van der Waals surface area contributed by atoms with Gasteiger partial charge in [-0.05, 0) is 42.0 Å². The van der Waals surface area contributed by atoms with E-state index in [0.29, 0.717) is 11.1 Å². The third-order valence-corrected chi connectivity index (χ3v) is 4.75. The molecule has 3 aromatic carbocycles. The topological polar surface area (TPSA) is 74.2 Å². The summed E-state index contributed by atoms with van der Waals surface area (Å²) in [5.41, 5.74) is 2.89. The highest BCUT2D eigenvalue weighted by atomic mass is 16.4. The molecule has 0 fully saturated rings. The van der Waals surface area contributed by atoms with Gasteiger partial charge in [0.1, 0.15) is 0 Å². The lowest BCUT2D eigenvalue weighted by molar-refractivity contribution is -0.299. The average molecular weight is 369 g/mol. The molecule has 0 atom stereocenters. The molecule has 1 N–H and O–H groups in total. The van der Waals surface area contributed by atoms with Crippen molar-refractivity contribution in [3.63, 3.8) is 0 Å². The number of para-hydroxylation sites is 1. The van der Waals surface area contributed by atoms with Gasteiger partial charge in [0.25, 0.3) is 5.91 Å². The van der Waals surface area contributed by atoms with Crippen LogP contribution in [0.3, 0.4) is 0 Å². The van der Waals surface area contributed by atoms with Crippen LogP contribution in [-0.4, -0.2) is 16.4 Å². The molecule has 4 rings (SSSR count). The van der Waals surface area contributed by atoms with E-state index in [-0.39, 0.29) is 5.70 Å². The van der Waals surface area contributed by atoms with Crippen molar-refractivity contribution in [2.24, 2.45) is 7.05 Å². The molecule has 0 spiro atoms. The van der Waals surface area contributed by atoms with Crippen molar-refractivity contribution < 1.29 is 14.7 Å². The second kappa shape index (κ2) is 7.04. The number of aryl methyl sites for hydroxylation is 1. The first kappa shape index (κ1) is 17.5. The molecule has 0 saturated heterocycles. The number of carboxylic acids is 1. The van der Waals surface area contributed by atoms with Gasteiger partial charge < -0.3 is 19.8 Å². The van der Waals surface area contributed by atoms with Crippen LogP contribution < -0.4 is 10.4 Å². The predicted octanol–water partition coefficient (Wildman–Crippen LogP) is 2.85. The second-order valence-corrected chi connectivity index (χ2v) is 6.52. The van der Waals surface area contributed by atoms with E-state index in [4.69, 9.17) is 0 Å². The van der Waals surface area contributed by atoms with Gasteiger partial charge in [-0.3, -0.25) is 4.79 Å². The minimum absolute atomic E-state index is 0.284. The molecule has 0 saturated carbocycles. The Hall–Kier alpha value is -3.86. The molecule has 28 heavy (non-hydrogen) atoms. The molecule has 1 heterocycles. The number of carbonyl (C=O) groups is 2. The Kier molecular flexibility index (Phi) is 4.41. The largest absolute Gasteiger partial charge is 0.543 e. The van der Waals surface area contributed by atoms with Crippen LogP contribution in [-0.2, 0) is 11.8 Å². The molecular weight excluding hydrogens is 352 g/mol. The first-order valence-electron chi connectivity index (χ1n) is 8.81. The van der Waals surface area contributed by atoms with E-state index in [1.807, 2.05) is 49.5 Å². The number of benzene rings is 3. The number of hydrogen-bond donors (Lipinski definition) is 1. The Bertz CT molecular complexity index is 1240.